The summed E-state index contributed by atoms with van der Waals surface area (Å²) < 4.78 is 0. The monoisotopic (exact) mass is 275 g/mol. The summed E-state index contributed by atoms with van der Waals surface area (Å²) in [5, 5.41) is 14.0. The van der Waals surface area contributed by atoms with E-state index in [-0.39, 0.29) is 10.6 Å². The van der Waals surface area contributed by atoms with Gasteiger partial charge in [-0.25, -0.2) is 4.98 Å². The number of aromatic amines is 1. The molecule has 0 saturated carbocycles. The van der Waals surface area contributed by atoms with Crippen LogP contribution in [0.4, 0.5) is 11.6 Å². The average molecular weight is 275 g/mol. The number of benzene rings is 1. The van der Waals surface area contributed by atoms with E-state index in [1.807, 2.05) is 7.05 Å². The fourth-order valence-electron chi connectivity index (χ4n) is 2.80. The number of H-pyrrole nitrogens is 1. The summed E-state index contributed by atoms with van der Waals surface area (Å²) >= 11 is 0. The van der Waals surface area contributed by atoms with Crippen LogP contribution in [-0.4, -0.2) is 41.1 Å². The first-order chi connectivity index (χ1) is 9.69. The minimum Gasteiger partial charge on any atom is -0.338 e. The zero-order chi connectivity index (χ0) is 14.1. The summed E-state index contributed by atoms with van der Waals surface area (Å²) in [6.07, 6.45) is 2.28. The first-order valence-electron chi connectivity index (χ1n) is 6.74. The van der Waals surface area contributed by atoms with Crippen molar-refractivity contribution >= 4 is 22.7 Å². The summed E-state index contributed by atoms with van der Waals surface area (Å²) in [6.45, 7) is 1.88. The highest BCUT2D eigenvalue weighted by Crippen LogP contribution is 2.26. The SMILES string of the molecule is CNCC1CCCN1c1nc2ccc([N+](=O)[O-])cc2[nH]1. The van der Waals surface area contributed by atoms with Gasteiger partial charge in [0.15, 0.2) is 0 Å². The van der Waals surface area contributed by atoms with Crippen LogP contribution in [0.2, 0.25) is 0 Å². The first kappa shape index (κ1) is 12.9. The molecular weight excluding hydrogens is 258 g/mol. The zero-order valence-corrected chi connectivity index (χ0v) is 11.3. The van der Waals surface area contributed by atoms with Crippen LogP contribution in [0, 0.1) is 10.1 Å². The summed E-state index contributed by atoms with van der Waals surface area (Å²) in [7, 11) is 1.94. The number of rotatable bonds is 4. The smallest absolute Gasteiger partial charge is 0.271 e. The normalized spacial score (nSPS) is 18.9. The van der Waals surface area contributed by atoms with E-state index < -0.39 is 0 Å². The molecule has 1 atom stereocenters. The van der Waals surface area contributed by atoms with E-state index >= 15 is 0 Å². The van der Waals surface area contributed by atoms with Gasteiger partial charge in [0.25, 0.3) is 5.69 Å². The largest absolute Gasteiger partial charge is 0.338 e. The summed E-state index contributed by atoms with van der Waals surface area (Å²) in [5.41, 5.74) is 1.56. The van der Waals surface area contributed by atoms with Gasteiger partial charge in [-0.15, -0.1) is 0 Å². The van der Waals surface area contributed by atoms with Crippen molar-refractivity contribution in [1.82, 2.24) is 15.3 Å². The quantitative estimate of drug-likeness (QED) is 0.654. The number of nitrogens with one attached hydrogen (secondary N) is 2. The lowest BCUT2D eigenvalue weighted by molar-refractivity contribution is -0.384. The lowest BCUT2D eigenvalue weighted by atomic mass is 10.2. The Morgan fingerprint density at radius 1 is 1.60 bits per heavy atom. The topological polar surface area (TPSA) is 87.1 Å². The third-order valence-electron chi connectivity index (χ3n) is 3.75. The number of imidazole rings is 1. The molecule has 0 aliphatic carbocycles. The standard InChI is InChI=1S/C13H17N5O2/c1-14-8-10-3-2-6-17(10)13-15-11-5-4-9(18(19)20)7-12(11)16-13/h4-5,7,10,14H,2-3,6,8H2,1H3,(H,15,16). The maximum absolute atomic E-state index is 10.8. The molecule has 3 rings (SSSR count). The Balaban J connectivity index is 1.94. The molecule has 1 aromatic heterocycles. The van der Waals surface area contributed by atoms with Crippen LogP contribution in [-0.2, 0) is 0 Å². The van der Waals surface area contributed by atoms with Gasteiger partial charge in [0.1, 0.15) is 0 Å². The van der Waals surface area contributed by atoms with Crippen molar-refractivity contribution in [2.75, 3.05) is 25.0 Å². The van der Waals surface area contributed by atoms with E-state index in [0.29, 0.717) is 11.6 Å². The summed E-state index contributed by atoms with van der Waals surface area (Å²) in [6, 6.07) is 5.14. The lowest BCUT2D eigenvalue weighted by Crippen LogP contribution is -2.37. The number of likely N-dealkylation sites (N-methyl/N-ethyl adjacent to an activating group) is 1. The van der Waals surface area contributed by atoms with Crippen LogP contribution in [0.5, 0.6) is 0 Å². The Hall–Kier alpha value is -2.15. The molecule has 106 valence electrons. The van der Waals surface area contributed by atoms with Gasteiger partial charge in [0.2, 0.25) is 5.95 Å². The van der Waals surface area contributed by atoms with Crippen LogP contribution < -0.4 is 10.2 Å². The van der Waals surface area contributed by atoms with Crippen molar-refractivity contribution in [1.29, 1.82) is 0 Å². The van der Waals surface area contributed by atoms with Crippen LogP contribution in [0.3, 0.4) is 0 Å². The molecule has 1 aliphatic heterocycles. The maximum Gasteiger partial charge on any atom is 0.271 e. The third kappa shape index (κ3) is 2.20. The molecule has 1 saturated heterocycles. The van der Waals surface area contributed by atoms with Gasteiger partial charge in [0.05, 0.1) is 16.0 Å². The van der Waals surface area contributed by atoms with E-state index in [1.165, 1.54) is 12.1 Å². The van der Waals surface area contributed by atoms with Gasteiger partial charge < -0.3 is 15.2 Å². The number of nitro groups is 1. The van der Waals surface area contributed by atoms with Gasteiger partial charge in [-0.2, -0.15) is 0 Å². The molecule has 2 heterocycles. The summed E-state index contributed by atoms with van der Waals surface area (Å²) in [5.74, 6) is 0.804. The Kier molecular flexibility index (Phi) is 3.27. The van der Waals surface area contributed by atoms with Crippen LogP contribution >= 0.6 is 0 Å². The minimum atomic E-state index is -0.389. The molecule has 0 spiro atoms. The van der Waals surface area contributed by atoms with Crippen molar-refractivity contribution < 1.29 is 4.92 Å². The van der Waals surface area contributed by atoms with Crippen molar-refractivity contribution in [3.8, 4) is 0 Å². The Morgan fingerprint density at radius 2 is 2.45 bits per heavy atom. The summed E-state index contributed by atoms with van der Waals surface area (Å²) in [4.78, 5) is 20.4. The Morgan fingerprint density at radius 3 is 3.20 bits per heavy atom. The molecule has 20 heavy (non-hydrogen) atoms. The van der Waals surface area contributed by atoms with Crippen molar-refractivity contribution in [2.45, 2.75) is 18.9 Å². The van der Waals surface area contributed by atoms with Crippen LogP contribution in [0.25, 0.3) is 11.0 Å². The molecule has 1 aliphatic rings. The number of anilines is 1. The number of nitrogens with zero attached hydrogens (tertiary/aromatic N) is 3. The Labute approximate surface area is 116 Å². The second-order valence-electron chi connectivity index (χ2n) is 5.07. The average Bonchev–Trinajstić information content (AvgIpc) is 3.03. The van der Waals surface area contributed by atoms with Crippen LogP contribution in [0.1, 0.15) is 12.8 Å². The predicted molar refractivity (Wildman–Crippen MR) is 77.0 cm³/mol. The van der Waals surface area contributed by atoms with E-state index in [0.717, 1.165) is 37.4 Å². The van der Waals surface area contributed by atoms with Gasteiger partial charge >= 0.3 is 0 Å². The molecule has 0 amide bonds. The van der Waals surface area contributed by atoms with Crippen molar-refractivity contribution in [3.63, 3.8) is 0 Å². The highest BCUT2D eigenvalue weighted by atomic mass is 16.6. The van der Waals surface area contributed by atoms with E-state index in [1.54, 1.807) is 6.07 Å². The third-order valence-corrected chi connectivity index (χ3v) is 3.75. The van der Waals surface area contributed by atoms with Crippen molar-refractivity contribution in [2.24, 2.45) is 0 Å². The van der Waals surface area contributed by atoms with Gasteiger partial charge in [-0.1, -0.05) is 0 Å². The molecule has 1 unspecified atom stereocenters. The number of fused-ring (bicyclic) bond motifs is 1. The number of non-ortho nitro benzene ring substituents is 1. The fourth-order valence-corrected chi connectivity index (χ4v) is 2.80. The lowest BCUT2D eigenvalue weighted by Gasteiger charge is -2.23. The zero-order valence-electron chi connectivity index (χ0n) is 11.3. The van der Waals surface area contributed by atoms with Crippen molar-refractivity contribution in [3.05, 3.63) is 28.3 Å². The second-order valence-corrected chi connectivity index (χ2v) is 5.07. The van der Waals surface area contributed by atoms with Crippen LogP contribution in [0.15, 0.2) is 18.2 Å². The van der Waals surface area contributed by atoms with E-state index in [4.69, 9.17) is 0 Å². The molecule has 0 radical (unpaired) electrons. The van der Waals surface area contributed by atoms with Gasteiger partial charge in [-0.3, -0.25) is 10.1 Å². The fraction of sp³-hybridized carbons (Fsp3) is 0.462. The predicted octanol–water partition coefficient (Wildman–Crippen LogP) is 1.66. The number of nitro benzene ring substituents is 1. The molecule has 7 nitrogen and oxygen atoms in total. The molecule has 2 N–H and O–H groups in total. The molecule has 0 bridgehead atoms. The number of hydrogen-bond acceptors (Lipinski definition) is 5. The first-order valence-corrected chi connectivity index (χ1v) is 6.74. The number of hydrogen-bond donors (Lipinski definition) is 2. The number of aromatic nitrogens is 2. The second kappa shape index (κ2) is 5.09. The van der Waals surface area contributed by atoms with Gasteiger partial charge in [0, 0.05) is 31.3 Å². The highest BCUT2D eigenvalue weighted by Gasteiger charge is 2.26. The molecular formula is C13H17N5O2. The highest BCUT2D eigenvalue weighted by molar-refractivity contribution is 5.80. The Bertz CT molecular complexity index is 639. The molecule has 1 aromatic carbocycles. The minimum absolute atomic E-state index is 0.0842. The molecule has 2 aromatic rings. The van der Waals surface area contributed by atoms with Gasteiger partial charge in [-0.05, 0) is 26.0 Å². The maximum atomic E-state index is 10.8. The van der Waals surface area contributed by atoms with E-state index in [9.17, 15) is 10.1 Å². The molecule has 1 fully saturated rings. The van der Waals surface area contributed by atoms with E-state index in [2.05, 4.69) is 20.2 Å². The molecule has 7 heteroatoms.